The van der Waals surface area contributed by atoms with Gasteiger partial charge < -0.3 is 10.2 Å². The highest BCUT2D eigenvalue weighted by atomic mass is 32.1. The van der Waals surface area contributed by atoms with Gasteiger partial charge in [0.15, 0.2) is 0 Å². The summed E-state index contributed by atoms with van der Waals surface area (Å²) in [5.41, 5.74) is 0.970. The molecule has 17 heavy (non-hydrogen) atoms. The topological polar surface area (TPSA) is 41.1 Å². The van der Waals surface area contributed by atoms with E-state index < -0.39 is 0 Å². The Hall–Kier alpha value is -1.62. The molecule has 0 amide bonds. The van der Waals surface area contributed by atoms with Gasteiger partial charge >= 0.3 is 0 Å². The maximum Gasteiger partial charge on any atom is 0.224 e. The molecule has 0 bridgehead atoms. The van der Waals surface area contributed by atoms with E-state index in [0.717, 1.165) is 18.1 Å². The predicted molar refractivity (Wildman–Crippen MR) is 72.7 cm³/mol. The summed E-state index contributed by atoms with van der Waals surface area (Å²) in [6, 6.07) is 6.20. The number of aromatic nitrogens is 2. The summed E-state index contributed by atoms with van der Waals surface area (Å²) >= 11 is 1.76. The second-order valence-corrected chi connectivity index (χ2v) is 4.91. The normalized spacial score (nSPS) is 10.3. The van der Waals surface area contributed by atoms with Crippen LogP contribution < -0.4 is 10.2 Å². The molecule has 2 aromatic heterocycles. The van der Waals surface area contributed by atoms with Crippen molar-refractivity contribution in [1.29, 1.82) is 0 Å². The van der Waals surface area contributed by atoms with Crippen LogP contribution in [0.1, 0.15) is 10.6 Å². The van der Waals surface area contributed by atoms with Crippen molar-refractivity contribution in [3.05, 3.63) is 34.2 Å². The van der Waals surface area contributed by atoms with Crippen LogP contribution in [0.4, 0.5) is 11.8 Å². The Kier molecular flexibility index (Phi) is 3.58. The smallest absolute Gasteiger partial charge is 0.224 e. The monoisotopic (exact) mass is 248 g/mol. The van der Waals surface area contributed by atoms with E-state index in [4.69, 9.17) is 0 Å². The molecule has 2 heterocycles. The summed E-state index contributed by atoms with van der Waals surface area (Å²) in [6.45, 7) is 2.85. The van der Waals surface area contributed by atoms with Crippen LogP contribution in [0.5, 0.6) is 0 Å². The van der Waals surface area contributed by atoms with E-state index in [1.807, 2.05) is 27.1 Å². The third-order valence-corrected chi connectivity index (χ3v) is 3.29. The fraction of sp³-hybridized carbons (Fsp3) is 0.333. The van der Waals surface area contributed by atoms with Crippen LogP contribution in [0.15, 0.2) is 23.6 Å². The van der Waals surface area contributed by atoms with Crippen LogP contribution in [0.25, 0.3) is 0 Å². The summed E-state index contributed by atoms with van der Waals surface area (Å²) in [5, 5.41) is 5.07. The van der Waals surface area contributed by atoms with Crippen molar-refractivity contribution in [3.8, 4) is 0 Å². The van der Waals surface area contributed by atoms with Gasteiger partial charge in [0.2, 0.25) is 5.95 Å². The summed E-state index contributed by atoms with van der Waals surface area (Å²) in [6.07, 6.45) is 0. The average Bonchev–Trinajstić information content (AvgIpc) is 2.81. The van der Waals surface area contributed by atoms with Crippen LogP contribution in [0, 0.1) is 6.92 Å². The summed E-state index contributed by atoms with van der Waals surface area (Å²) in [7, 11) is 3.87. The first-order valence-corrected chi connectivity index (χ1v) is 6.34. The van der Waals surface area contributed by atoms with E-state index in [2.05, 4.69) is 37.7 Å². The number of hydrogen-bond acceptors (Lipinski definition) is 5. The van der Waals surface area contributed by atoms with E-state index in [-0.39, 0.29) is 0 Å². The van der Waals surface area contributed by atoms with Crippen LogP contribution in [-0.4, -0.2) is 24.1 Å². The summed E-state index contributed by atoms with van der Waals surface area (Å²) in [4.78, 5) is 12.2. The fourth-order valence-corrected chi connectivity index (χ4v) is 2.33. The maximum absolute atomic E-state index is 4.44. The minimum absolute atomic E-state index is 0.665. The van der Waals surface area contributed by atoms with Crippen molar-refractivity contribution in [3.63, 3.8) is 0 Å². The molecule has 0 aliphatic rings. The Labute approximate surface area is 105 Å². The Morgan fingerprint density at radius 2 is 2.24 bits per heavy atom. The van der Waals surface area contributed by atoms with Gasteiger partial charge in [-0.25, -0.2) is 4.98 Å². The molecule has 0 fully saturated rings. The van der Waals surface area contributed by atoms with Gasteiger partial charge in [0.05, 0.1) is 6.54 Å². The molecular weight excluding hydrogens is 232 g/mol. The molecule has 5 heteroatoms. The standard InChI is InChI=1S/C12H16N4S/c1-9-7-11(15-12(13-2)14-9)16(3)8-10-5-4-6-17-10/h4-7H,8H2,1-3H3,(H,13,14,15). The highest BCUT2D eigenvalue weighted by Gasteiger charge is 2.07. The van der Waals surface area contributed by atoms with Gasteiger partial charge in [0, 0.05) is 30.7 Å². The zero-order chi connectivity index (χ0) is 12.3. The fourth-order valence-electron chi connectivity index (χ4n) is 1.58. The van der Waals surface area contributed by atoms with Gasteiger partial charge in [0.25, 0.3) is 0 Å². The van der Waals surface area contributed by atoms with Crippen molar-refractivity contribution in [2.45, 2.75) is 13.5 Å². The molecular formula is C12H16N4S. The molecule has 4 nitrogen and oxygen atoms in total. The van der Waals surface area contributed by atoms with Crippen molar-refractivity contribution in [1.82, 2.24) is 9.97 Å². The van der Waals surface area contributed by atoms with E-state index in [9.17, 15) is 0 Å². The zero-order valence-electron chi connectivity index (χ0n) is 10.3. The Morgan fingerprint density at radius 1 is 1.41 bits per heavy atom. The number of rotatable bonds is 4. The number of hydrogen-bond donors (Lipinski definition) is 1. The molecule has 2 rings (SSSR count). The molecule has 90 valence electrons. The molecule has 0 aromatic carbocycles. The summed E-state index contributed by atoms with van der Waals surface area (Å²) < 4.78 is 0. The highest BCUT2D eigenvalue weighted by molar-refractivity contribution is 7.09. The van der Waals surface area contributed by atoms with E-state index >= 15 is 0 Å². The van der Waals surface area contributed by atoms with Gasteiger partial charge in [-0.05, 0) is 18.4 Å². The van der Waals surface area contributed by atoms with Gasteiger partial charge in [0.1, 0.15) is 5.82 Å². The maximum atomic E-state index is 4.44. The minimum atomic E-state index is 0.665. The molecule has 0 unspecified atom stereocenters. The first kappa shape index (κ1) is 11.9. The van der Waals surface area contributed by atoms with Gasteiger partial charge in [-0.3, -0.25) is 0 Å². The molecule has 0 saturated carbocycles. The number of aryl methyl sites for hydroxylation is 1. The van der Waals surface area contributed by atoms with Crippen molar-refractivity contribution < 1.29 is 0 Å². The molecule has 0 aliphatic carbocycles. The SMILES string of the molecule is CNc1nc(C)cc(N(C)Cc2cccs2)n1. The number of nitrogens with zero attached hydrogens (tertiary/aromatic N) is 3. The number of anilines is 2. The van der Waals surface area contributed by atoms with E-state index in [1.165, 1.54) is 4.88 Å². The highest BCUT2D eigenvalue weighted by Crippen LogP contribution is 2.17. The summed E-state index contributed by atoms with van der Waals surface area (Å²) in [5.74, 6) is 1.60. The molecule has 2 aromatic rings. The Bertz CT molecular complexity index is 481. The molecule has 0 atom stereocenters. The van der Waals surface area contributed by atoms with Crippen LogP contribution >= 0.6 is 11.3 Å². The zero-order valence-corrected chi connectivity index (χ0v) is 11.1. The molecule has 1 N–H and O–H groups in total. The first-order valence-electron chi connectivity index (χ1n) is 5.46. The Morgan fingerprint density at radius 3 is 2.88 bits per heavy atom. The lowest BCUT2D eigenvalue weighted by Crippen LogP contribution is -2.18. The van der Waals surface area contributed by atoms with Crippen LogP contribution in [0.2, 0.25) is 0 Å². The van der Waals surface area contributed by atoms with Crippen molar-refractivity contribution in [2.75, 3.05) is 24.3 Å². The van der Waals surface area contributed by atoms with Crippen molar-refractivity contribution >= 4 is 23.1 Å². The van der Waals surface area contributed by atoms with Crippen molar-refractivity contribution in [2.24, 2.45) is 0 Å². The van der Waals surface area contributed by atoms with Gasteiger partial charge in [-0.15, -0.1) is 11.3 Å². The van der Waals surface area contributed by atoms with Crippen LogP contribution in [-0.2, 0) is 6.54 Å². The predicted octanol–water partition coefficient (Wildman–Crippen LogP) is 2.52. The molecule has 0 spiro atoms. The third-order valence-electron chi connectivity index (χ3n) is 2.43. The quantitative estimate of drug-likeness (QED) is 0.902. The Balaban J connectivity index is 2.18. The minimum Gasteiger partial charge on any atom is -0.357 e. The second kappa shape index (κ2) is 5.14. The lowest BCUT2D eigenvalue weighted by Gasteiger charge is -2.18. The lowest BCUT2D eigenvalue weighted by molar-refractivity contribution is 0.900. The number of thiophene rings is 1. The molecule has 0 radical (unpaired) electrons. The van der Waals surface area contributed by atoms with Gasteiger partial charge in [-0.1, -0.05) is 6.07 Å². The lowest BCUT2D eigenvalue weighted by atomic mass is 10.4. The largest absolute Gasteiger partial charge is 0.357 e. The third kappa shape index (κ3) is 2.94. The average molecular weight is 248 g/mol. The van der Waals surface area contributed by atoms with Gasteiger partial charge in [-0.2, -0.15) is 4.98 Å². The first-order chi connectivity index (χ1) is 8.19. The van der Waals surface area contributed by atoms with E-state index in [1.54, 1.807) is 11.3 Å². The number of nitrogens with one attached hydrogen (secondary N) is 1. The molecule has 0 saturated heterocycles. The molecule has 0 aliphatic heterocycles. The van der Waals surface area contributed by atoms with E-state index in [0.29, 0.717) is 5.95 Å². The van der Waals surface area contributed by atoms with Crippen LogP contribution in [0.3, 0.4) is 0 Å². The second-order valence-electron chi connectivity index (χ2n) is 3.88.